The predicted molar refractivity (Wildman–Crippen MR) is 187 cm³/mol. The molecule has 3 nitrogen and oxygen atoms in total. The molecule has 7 aromatic rings. The minimum absolute atomic E-state index is 0. The SMILES string of the molecule is C[Si](C)(C)c1ccc(-c2[c-]cccc2)nc1.Cc1cc(C)c(-c2ccnc(-c3[c-]cc(F)c4c3oc3cc(F)ccc34)c2)c(C)c1.[Ir]. The molecular weight excluding hydrogens is 783 g/mol. The fourth-order valence-corrected chi connectivity index (χ4v) is 6.89. The van der Waals surface area contributed by atoms with Gasteiger partial charge in [-0.2, -0.15) is 0 Å². The molecule has 0 saturated carbocycles. The van der Waals surface area contributed by atoms with Crippen LogP contribution in [0, 0.1) is 44.5 Å². The Balaban J connectivity index is 0.000000217. The van der Waals surface area contributed by atoms with E-state index in [0.29, 0.717) is 33.2 Å². The molecule has 3 aromatic heterocycles. The molecule has 0 aliphatic heterocycles. The third-order valence-electron chi connectivity index (χ3n) is 8.06. The first-order valence-electron chi connectivity index (χ1n) is 15.2. The topological polar surface area (TPSA) is 38.9 Å². The summed E-state index contributed by atoms with van der Waals surface area (Å²) in [7, 11) is -1.23. The van der Waals surface area contributed by atoms with Gasteiger partial charge in [-0.15, -0.1) is 48.0 Å². The second kappa shape index (κ2) is 13.8. The van der Waals surface area contributed by atoms with Crippen LogP contribution in [-0.2, 0) is 20.1 Å². The second-order valence-electron chi connectivity index (χ2n) is 12.6. The third-order valence-corrected chi connectivity index (χ3v) is 10.1. The minimum Gasteiger partial charge on any atom is -0.500 e. The smallest absolute Gasteiger partial charge is 0.126 e. The van der Waals surface area contributed by atoms with Gasteiger partial charge in [-0.25, -0.2) is 4.39 Å². The Morgan fingerprint density at radius 3 is 2.21 bits per heavy atom. The molecular formula is C40H34F2IrN2OSi-2. The van der Waals surface area contributed by atoms with Crippen LogP contribution in [0.25, 0.3) is 55.6 Å². The number of fused-ring (bicyclic) bond motifs is 3. The van der Waals surface area contributed by atoms with Crippen LogP contribution in [0.5, 0.6) is 0 Å². The molecule has 0 atom stereocenters. The summed E-state index contributed by atoms with van der Waals surface area (Å²) in [6, 6.07) is 32.0. The zero-order valence-electron chi connectivity index (χ0n) is 27.1. The van der Waals surface area contributed by atoms with E-state index < -0.39 is 19.7 Å². The number of hydrogen-bond donors (Lipinski definition) is 0. The van der Waals surface area contributed by atoms with Gasteiger partial charge >= 0.3 is 0 Å². The number of nitrogens with zero attached hydrogens (tertiary/aromatic N) is 2. The zero-order valence-corrected chi connectivity index (χ0v) is 30.5. The average Bonchev–Trinajstić information content (AvgIpc) is 3.41. The molecule has 1 radical (unpaired) electrons. The van der Waals surface area contributed by atoms with Gasteiger partial charge in [-0.1, -0.05) is 61.1 Å². The molecule has 47 heavy (non-hydrogen) atoms. The van der Waals surface area contributed by atoms with Crippen molar-refractivity contribution in [3.05, 3.63) is 138 Å². The summed E-state index contributed by atoms with van der Waals surface area (Å²) in [5.74, 6) is -0.890. The maximum Gasteiger partial charge on any atom is 0.126 e. The Labute approximate surface area is 289 Å². The molecule has 3 heterocycles. The summed E-state index contributed by atoms with van der Waals surface area (Å²) in [6.07, 6.45) is 3.75. The van der Waals surface area contributed by atoms with Crippen LogP contribution in [0.4, 0.5) is 8.78 Å². The second-order valence-corrected chi connectivity index (χ2v) is 17.7. The van der Waals surface area contributed by atoms with Crippen LogP contribution in [0.15, 0.2) is 102 Å². The predicted octanol–water partition coefficient (Wildman–Crippen LogP) is 10.4. The normalized spacial score (nSPS) is 11.2. The van der Waals surface area contributed by atoms with Gasteiger partial charge in [0, 0.05) is 49.8 Å². The van der Waals surface area contributed by atoms with Crippen LogP contribution in [-0.4, -0.2) is 18.0 Å². The average molecular weight is 817 g/mol. The summed E-state index contributed by atoms with van der Waals surface area (Å²) in [5, 5.41) is 2.24. The first-order chi connectivity index (χ1) is 22.0. The third kappa shape index (κ3) is 7.18. The Morgan fingerprint density at radius 2 is 1.55 bits per heavy atom. The number of aryl methyl sites for hydroxylation is 3. The Kier molecular flexibility index (Phi) is 10.0. The number of halogens is 2. The van der Waals surface area contributed by atoms with E-state index in [1.165, 1.54) is 46.1 Å². The Bertz CT molecular complexity index is 2170. The van der Waals surface area contributed by atoms with Gasteiger partial charge in [0.05, 0.1) is 13.7 Å². The number of pyridine rings is 2. The molecule has 7 heteroatoms. The van der Waals surface area contributed by atoms with Crippen molar-refractivity contribution >= 4 is 35.2 Å². The van der Waals surface area contributed by atoms with E-state index in [1.807, 2.05) is 42.6 Å². The fraction of sp³-hybridized carbons (Fsp3) is 0.150. The van der Waals surface area contributed by atoms with E-state index in [1.54, 1.807) is 6.20 Å². The summed E-state index contributed by atoms with van der Waals surface area (Å²) in [5.41, 5.74) is 9.58. The summed E-state index contributed by atoms with van der Waals surface area (Å²) in [6.45, 7) is 13.3. The van der Waals surface area contributed by atoms with Crippen LogP contribution in [0.1, 0.15) is 16.7 Å². The van der Waals surface area contributed by atoms with Gasteiger partial charge in [0.15, 0.2) is 0 Å². The molecule has 0 bridgehead atoms. The van der Waals surface area contributed by atoms with Gasteiger partial charge in [0.2, 0.25) is 0 Å². The van der Waals surface area contributed by atoms with Crippen LogP contribution >= 0.6 is 0 Å². The summed E-state index contributed by atoms with van der Waals surface area (Å²) in [4.78, 5) is 9.01. The van der Waals surface area contributed by atoms with E-state index in [4.69, 9.17) is 4.42 Å². The number of benzene rings is 4. The van der Waals surface area contributed by atoms with E-state index in [2.05, 4.69) is 86.8 Å². The van der Waals surface area contributed by atoms with Gasteiger partial charge < -0.3 is 14.4 Å². The monoisotopic (exact) mass is 817 g/mol. The summed E-state index contributed by atoms with van der Waals surface area (Å²) < 4.78 is 34.1. The van der Waals surface area contributed by atoms with E-state index in [0.717, 1.165) is 22.4 Å². The molecule has 0 aliphatic rings. The number of aromatic nitrogens is 2. The number of rotatable bonds is 4. The molecule has 7 rings (SSSR count). The van der Waals surface area contributed by atoms with Crippen molar-refractivity contribution in [2.24, 2.45) is 0 Å². The fourth-order valence-electron chi connectivity index (χ4n) is 5.85. The first kappa shape index (κ1) is 34.1. The Morgan fingerprint density at radius 1 is 0.787 bits per heavy atom. The molecule has 239 valence electrons. The van der Waals surface area contributed by atoms with Crippen molar-refractivity contribution in [1.82, 2.24) is 9.97 Å². The van der Waals surface area contributed by atoms with Gasteiger partial charge in [-0.05, 0) is 83.2 Å². The largest absolute Gasteiger partial charge is 0.500 e. The van der Waals surface area contributed by atoms with Crippen molar-refractivity contribution in [3.63, 3.8) is 0 Å². The molecule has 0 saturated heterocycles. The van der Waals surface area contributed by atoms with Gasteiger partial charge in [0.25, 0.3) is 0 Å². The van der Waals surface area contributed by atoms with Crippen molar-refractivity contribution in [3.8, 4) is 33.6 Å². The van der Waals surface area contributed by atoms with Crippen molar-refractivity contribution in [1.29, 1.82) is 0 Å². The van der Waals surface area contributed by atoms with E-state index >= 15 is 0 Å². The molecule has 0 spiro atoms. The van der Waals surface area contributed by atoms with Crippen LogP contribution < -0.4 is 5.19 Å². The molecule has 0 aliphatic carbocycles. The number of hydrogen-bond acceptors (Lipinski definition) is 3. The molecule has 4 aromatic carbocycles. The van der Waals surface area contributed by atoms with Crippen molar-refractivity contribution in [2.45, 2.75) is 40.4 Å². The molecule has 0 unspecified atom stereocenters. The van der Waals surface area contributed by atoms with Crippen molar-refractivity contribution < 1.29 is 33.3 Å². The van der Waals surface area contributed by atoms with Crippen molar-refractivity contribution in [2.75, 3.05) is 0 Å². The van der Waals surface area contributed by atoms with Crippen LogP contribution in [0.3, 0.4) is 0 Å². The van der Waals surface area contributed by atoms with Gasteiger partial charge in [-0.3, -0.25) is 4.39 Å². The van der Waals surface area contributed by atoms with Crippen LogP contribution in [0.2, 0.25) is 19.6 Å². The zero-order chi connectivity index (χ0) is 32.6. The minimum atomic E-state index is -1.23. The standard InChI is InChI=1S/C26H18F2NO.C14H16NSi.Ir/c1-14-10-15(2)24(16(3)11-14)17-8-9-29-22(12-17)19-6-7-21(28)25-20-5-4-18(27)13-23(20)30-26(19)25;1-16(2,3)13-9-10-14(15-11-13)12-7-5-4-6-8-12;/h4-5,7-13H,1-3H3;4-7,9-11H,1-3H3;/q2*-1;. The van der Waals surface area contributed by atoms with E-state index in [9.17, 15) is 8.78 Å². The molecule has 0 fully saturated rings. The first-order valence-corrected chi connectivity index (χ1v) is 18.7. The molecule has 0 N–H and O–H groups in total. The number of furan rings is 1. The van der Waals surface area contributed by atoms with Gasteiger partial charge in [0.1, 0.15) is 11.4 Å². The maximum atomic E-state index is 14.6. The Hall–Kier alpha value is -4.29. The quantitative estimate of drug-likeness (QED) is 0.131. The molecule has 0 amide bonds. The van der Waals surface area contributed by atoms with E-state index in [-0.39, 0.29) is 20.1 Å². The summed E-state index contributed by atoms with van der Waals surface area (Å²) >= 11 is 0. The maximum absolute atomic E-state index is 14.6.